The van der Waals surface area contributed by atoms with E-state index < -0.39 is 0 Å². The van der Waals surface area contributed by atoms with Gasteiger partial charge < -0.3 is 0 Å². The van der Waals surface area contributed by atoms with Gasteiger partial charge in [-0.3, -0.25) is 5.41 Å². The van der Waals surface area contributed by atoms with Crippen molar-refractivity contribution in [2.45, 2.75) is 6.92 Å². The lowest BCUT2D eigenvalue weighted by atomic mass is 10.7. The molecule has 28 valence electrons. The zero-order valence-corrected chi connectivity index (χ0v) is 3.84. The van der Waals surface area contributed by atoms with Crippen molar-refractivity contribution in [3.8, 4) is 0 Å². The van der Waals surface area contributed by atoms with Crippen molar-refractivity contribution in [2.75, 3.05) is 0 Å². The van der Waals surface area contributed by atoms with Crippen LogP contribution in [0.25, 0.3) is 0 Å². The van der Waals surface area contributed by atoms with Crippen molar-refractivity contribution in [3.05, 3.63) is 4.91 Å². The number of allylic oxidation sites excluding steroid dienone is 1. The van der Waals surface area contributed by atoms with Crippen LogP contribution >= 0.6 is 12.6 Å². The number of rotatable bonds is 0. The summed E-state index contributed by atoms with van der Waals surface area (Å²) in [7, 11) is 0. The summed E-state index contributed by atoms with van der Waals surface area (Å²) in [5.74, 6) is 2.06. The van der Waals surface area contributed by atoms with E-state index in [9.17, 15) is 0 Å². The molecular weight excluding hydrogens is 82.1 g/mol. The van der Waals surface area contributed by atoms with E-state index in [1.165, 1.54) is 0 Å². The van der Waals surface area contributed by atoms with Crippen molar-refractivity contribution in [3.63, 3.8) is 0 Å². The second-order valence-electron chi connectivity index (χ2n) is 0.710. The summed E-state index contributed by atoms with van der Waals surface area (Å²) in [5, 5.41) is 6.29. The first-order valence-electron chi connectivity index (χ1n) is 1.22. The van der Waals surface area contributed by atoms with E-state index in [2.05, 4.69) is 18.5 Å². The van der Waals surface area contributed by atoms with Crippen molar-refractivity contribution < 1.29 is 0 Å². The SMILES string of the molecule is CC(S)=C=N. The third-order valence-electron chi connectivity index (χ3n) is 0.181. The standard InChI is InChI=1S/C3H5NS/c1-3(5)2-4/h4-5H,1H3. The second-order valence-corrected chi connectivity index (χ2v) is 1.38. The van der Waals surface area contributed by atoms with Gasteiger partial charge in [-0.05, 0) is 12.8 Å². The molecule has 0 unspecified atom stereocenters. The van der Waals surface area contributed by atoms with Crippen LogP contribution in [-0.4, -0.2) is 5.87 Å². The molecule has 0 amide bonds. The van der Waals surface area contributed by atoms with Crippen LogP contribution in [0.15, 0.2) is 4.91 Å². The Bertz CT molecular complexity index is 67.0. The fourth-order valence-corrected chi connectivity index (χ4v) is 0. The van der Waals surface area contributed by atoms with Crippen LogP contribution in [0.1, 0.15) is 6.92 Å². The van der Waals surface area contributed by atoms with E-state index in [4.69, 9.17) is 5.41 Å². The Morgan fingerprint density at radius 3 is 2.20 bits per heavy atom. The lowest BCUT2D eigenvalue weighted by Gasteiger charge is -1.64. The molecule has 0 aromatic rings. The Labute approximate surface area is 36.6 Å². The third kappa shape index (κ3) is 3.80. The zero-order chi connectivity index (χ0) is 4.28. The Kier molecular flexibility index (Phi) is 1.98. The minimum atomic E-state index is 0.616. The summed E-state index contributed by atoms with van der Waals surface area (Å²) in [5.41, 5.74) is 0. The minimum Gasteiger partial charge on any atom is -0.258 e. The van der Waals surface area contributed by atoms with E-state index in [-0.39, 0.29) is 0 Å². The van der Waals surface area contributed by atoms with Crippen molar-refractivity contribution in [1.29, 1.82) is 5.41 Å². The third-order valence-corrected chi connectivity index (χ3v) is 0.293. The molecule has 0 bridgehead atoms. The molecule has 5 heavy (non-hydrogen) atoms. The molecule has 0 aromatic carbocycles. The summed E-state index contributed by atoms with van der Waals surface area (Å²) in [6, 6.07) is 0. The molecule has 0 saturated heterocycles. The highest BCUT2D eigenvalue weighted by Crippen LogP contribution is 1.85. The molecule has 0 radical (unpaired) electrons. The minimum absolute atomic E-state index is 0.616. The maximum Gasteiger partial charge on any atom is 0.0393 e. The van der Waals surface area contributed by atoms with Crippen molar-refractivity contribution in [1.82, 2.24) is 0 Å². The average Bonchev–Trinajstić information content (AvgIpc) is 1.38. The van der Waals surface area contributed by atoms with Crippen LogP contribution < -0.4 is 0 Å². The van der Waals surface area contributed by atoms with Gasteiger partial charge in [0.05, 0.1) is 0 Å². The number of hydrogen-bond donors (Lipinski definition) is 2. The highest BCUT2D eigenvalue weighted by Gasteiger charge is 1.60. The predicted molar refractivity (Wildman–Crippen MR) is 25.9 cm³/mol. The van der Waals surface area contributed by atoms with Gasteiger partial charge in [0.25, 0.3) is 0 Å². The molecule has 0 aliphatic carbocycles. The molecule has 0 aromatic heterocycles. The largest absolute Gasteiger partial charge is 0.258 e. The van der Waals surface area contributed by atoms with Crippen LogP contribution in [0, 0.1) is 5.41 Å². The molecule has 0 spiro atoms. The average molecular weight is 87.1 g/mol. The first-order valence-corrected chi connectivity index (χ1v) is 1.67. The quantitative estimate of drug-likeness (QED) is 0.326. The van der Waals surface area contributed by atoms with Gasteiger partial charge in [-0.15, -0.1) is 12.6 Å². The van der Waals surface area contributed by atoms with Crippen molar-refractivity contribution >= 4 is 18.5 Å². The lowest BCUT2D eigenvalue weighted by molar-refractivity contribution is 1.57. The highest BCUT2D eigenvalue weighted by molar-refractivity contribution is 7.84. The molecule has 0 saturated carbocycles. The van der Waals surface area contributed by atoms with Crippen molar-refractivity contribution in [2.24, 2.45) is 0 Å². The molecule has 1 nitrogen and oxygen atoms in total. The number of thiol groups is 1. The van der Waals surface area contributed by atoms with Gasteiger partial charge in [0.2, 0.25) is 0 Å². The smallest absolute Gasteiger partial charge is 0.0393 e. The summed E-state index contributed by atoms with van der Waals surface area (Å²) in [6.07, 6.45) is 0. The Morgan fingerprint density at radius 1 is 2.00 bits per heavy atom. The van der Waals surface area contributed by atoms with E-state index in [0.29, 0.717) is 4.91 Å². The summed E-state index contributed by atoms with van der Waals surface area (Å²) >= 11 is 3.72. The van der Waals surface area contributed by atoms with E-state index in [1.807, 2.05) is 0 Å². The fraction of sp³-hybridized carbons (Fsp3) is 0.333. The van der Waals surface area contributed by atoms with Crippen LogP contribution in [0.3, 0.4) is 0 Å². The van der Waals surface area contributed by atoms with Crippen LogP contribution in [0.5, 0.6) is 0 Å². The van der Waals surface area contributed by atoms with Crippen LogP contribution in [0.2, 0.25) is 0 Å². The molecule has 0 aliphatic rings. The number of nitrogens with one attached hydrogen (secondary N) is 1. The maximum absolute atomic E-state index is 6.29. The normalized spacial score (nSPS) is 6.00. The van der Waals surface area contributed by atoms with Crippen LogP contribution in [-0.2, 0) is 0 Å². The Balaban J connectivity index is 3.60. The Morgan fingerprint density at radius 2 is 2.20 bits per heavy atom. The van der Waals surface area contributed by atoms with Gasteiger partial charge in [-0.25, -0.2) is 0 Å². The summed E-state index contributed by atoms with van der Waals surface area (Å²) in [4.78, 5) is 0.616. The van der Waals surface area contributed by atoms with Gasteiger partial charge in [0, 0.05) is 4.91 Å². The molecule has 0 aliphatic heterocycles. The monoisotopic (exact) mass is 87.0 g/mol. The molecule has 0 atom stereocenters. The molecule has 2 heteroatoms. The highest BCUT2D eigenvalue weighted by atomic mass is 32.1. The number of hydrogen-bond acceptors (Lipinski definition) is 2. The fourth-order valence-electron chi connectivity index (χ4n) is 0. The zero-order valence-electron chi connectivity index (χ0n) is 2.95. The van der Waals surface area contributed by atoms with Gasteiger partial charge in [0.15, 0.2) is 0 Å². The van der Waals surface area contributed by atoms with Gasteiger partial charge in [-0.1, -0.05) is 0 Å². The molecule has 0 heterocycles. The predicted octanol–water partition coefficient (Wildman–Crippen LogP) is 1.07. The van der Waals surface area contributed by atoms with Gasteiger partial charge in [-0.2, -0.15) is 0 Å². The maximum atomic E-state index is 6.29. The topological polar surface area (TPSA) is 23.9 Å². The van der Waals surface area contributed by atoms with Gasteiger partial charge >= 0.3 is 0 Å². The Hall–Kier alpha value is -0.200. The van der Waals surface area contributed by atoms with E-state index in [1.54, 1.807) is 6.92 Å². The molecule has 0 fully saturated rings. The first kappa shape index (κ1) is 4.80. The van der Waals surface area contributed by atoms with E-state index >= 15 is 0 Å². The summed E-state index contributed by atoms with van der Waals surface area (Å²) < 4.78 is 0. The molecule has 0 rings (SSSR count). The van der Waals surface area contributed by atoms with Gasteiger partial charge in [0.1, 0.15) is 0 Å². The molecule has 1 N–H and O–H groups in total. The first-order chi connectivity index (χ1) is 2.27. The van der Waals surface area contributed by atoms with Crippen LogP contribution in [0.4, 0.5) is 0 Å². The molecular formula is C3H5NS. The van der Waals surface area contributed by atoms with E-state index in [0.717, 1.165) is 0 Å². The second kappa shape index (κ2) is 2.06. The lowest BCUT2D eigenvalue weighted by Crippen LogP contribution is -1.49. The summed E-state index contributed by atoms with van der Waals surface area (Å²) in [6.45, 7) is 1.70.